The fourth-order valence-electron chi connectivity index (χ4n) is 2.14. The van der Waals surface area contributed by atoms with Gasteiger partial charge in [0, 0.05) is 25.5 Å². The van der Waals surface area contributed by atoms with E-state index in [0.29, 0.717) is 0 Å². The molecular weight excluding hydrogens is 290 g/mol. The quantitative estimate of drug-likeness (QED) is 0.345. The molecule has 2 nitrogen and oxygen atoms in total. The van der Waals surface area contributed by atoms with Gasteiger partial charge in [-0.15, -0.1) is 0 Å². The molecule has 18 heavy (non-hydrogen) atoms. The van der Waals surface area contributed by atoms with Gasteiger partial charge in [0.15, 0.2) is 0 Å². The van der Waals surface area contributed by atoms with Crippen LogP contribution >= 0.6 is 15.9 Å². The Balaban J connectivity index is 3.31. The number of rotatable bonds is 14. The number of halogens is 1. The fraction of sp³-hybridized carbons (Fsp3) is 1.00. The van der Waals surface area contributed by atoms with Crippen LogP contribution in [-0.2, 0) is 4.74 Å². The summed E-state index contributed by atoms with van der Waals surface area (Å²) in [6.45, 7) is 6.56. The molecule has 0 spiro atoms. The number of alkyl halides is 1. The van der Waals surface area contributed by atoms with Crippen molar-refractivity contribution >= 4 is 15.9 Å². The maximum Gasteiger partial charge on any atom is 0.0589 e. The molecular formula is C15H32BrNO. The van der Waals surface area contributed by atoms with Crippen LogP contribution in [0.1, 0.15) is 58.3 Å². The van der Waals surface area contributed by atoms with Gasteiger partial charge in [0.05, 0.1) is 6.61 Å². The van der Waals surface area contributed by atoms with Gasteiger partial charge >= 0.3 is 0 Å². The lowest BCUT2D eigenvalue weighted by atomic mass is 10.1. The van der Waals surface area contributed by atoms with Crippen molar-refractivity contribution < 1.29 is 4.74 Å². The van der Waals surface area contributed by atoms with Gasteiger partial charge in [-0.05, 0) is 13.0 Å². The summed E-state index contributed by atoms with van der Waals surface area (Å²) in [4.78, 5) is 2.50. The van der Waals surface area contributed by atoms with Gasteiger partial charge in [-0.3, -0.25) is 0 Å². The summed E-state index contributed by atoms with van der Waals surface area (Å²) in [6, 6.07) is 0. The van der Waals surface area contributed by atoms with Crippen molar-refractivity contribution in [1.82, 2.24) is 4.90 Å². The Bertz CT molecular complexity index is 155. The maximum atomic E-state index is 5.14. The zero-order chi connectivity index (χ0) is 13.5. The molecule has 0 radical (unpaired) electrons. The molecule has 0 aliphatic heterocycles. The molecule has 0 saturated carbocycles. The van der Waals surface area contributed by atoms with Gasteiger partial charge in [0.25, 0.3) is 0 Å². The lowest BCUT2D eigenvalue weighted by molar-refractivity contribution is 0.150. The highest BCUT2D eigenvalue weighted by Crippen LogP contribution is 2.09. The van der Waals surface area contributed by atoms with Gasteiger partial charge in [-0.1, -0.05) is 67.8 Å². The van der Waals surface area contributed by atoms with Crippen LogP contribution in [-0.4, -0.2) is 43.6 Å². The van der Waals surface area contributed by atoms with Crippen molar-refractivity contribution in [3.63, 3.8) is 0 Å². The molecule has 0 aromatic carbocycles. The summed E-state index contributed by atoms with van der Waals surface area (Å²) in [5.74, 6) is 0. The molecule has 0 atom stereocenters. The molecule has 0 aromatic heterocycles. The highest BCUT2D eigenvalue weighted by atomic mass is 79.9. The van der Waals surface area contributed by atoms with Crippen molar-refractivity contribution in [3.8, 4) is 0 Å². The van der Waals surface area contributed by atoms with E-state index in [9.17, 15) is 0 Å². The zero-order valence-electron chi connectivity index (χ0n) is 12.4. The van der Waals surface area contributed by atoms with Crippen molar-refractivity contribution in [2.75, 3.05) is 38.7 Å². The third-order valence-electron chi connectivity index (χ3n) is 3.34. The lowest BCUT2D eigenvalue weighted by Gasteiger charge is -2.20. The third kappa shape index (κ3) is 12.8. The highest BCUT2D eigenvalue weighted by Gasteiger charge is 2.03. The van der Waals surface area contributed by atoms with Crippen LogP contribution in [0.4, 0.5) is 0 Å². The number of nitrogens with zero attached hydrogens (tertiary/aromatic N) is 1. The van der Waals surface area contributed by atoms with Crippen LogP contribution in [0.15, 0.2) is 0 Å². The number of unbranched alkanes of at least 4 members (excludes halogenated alkanes) is 7. The first-order chi connectivity index (χ1) is 8.85. The van der Waals surface area contributed by atoms with E-state index in [-0.39, 0.29) is 0 Å². The van der Waals surface area contributed by atoms with E-state index >= 15 is 0 Å². The van der Waals surface area contributed by atoms with E-state index in [4.69, 9.17) is 4.74 Å². The van der Waals surface area contributed by atoms with Crippen molar-refractivity contribution in [3.05, 3.63) is 0 Å². The second-order valence-corrected chi connectivity index (χ2v) is 5.79. The van der Waals surface area contributed by atoms with E-state index in [2.05, 4.69) is 27.8 Å². The number of hydrogen-bond acceptors (Lipinski definition) is 2. The Morgan fingerprint density at radius 3 is 2.00 bits per heavy atom. The predicted molar refractivity (Wildman–Crippen MR) is 84.7 cm³/mol. The van der Waals surface area contributed by atoms with Gasteiger partial charge in [-0.2, -0.15) is 0 Å². The van der Waals surface area contributed by atoms with Crippen LogP contribution in [0.25, 0.3) is 0 Å². The van der Waals surface area contributed by atoms with Crippen LogP contribution in [0.5, 0.6) is 0 Å². The number of hydrogen-bond donors (Lipinski definition) is 0. The van der Waals surface area contributed by atoms with E-state index in [0.717, 1.165) is 25.0 Å². The van der Waals surface area contributed by atoms with Gasteiger partial charge < -0.3 is 9.64 Å². The summed E-state index contributed by atoms with van der Waals surface area (Å²) in [7, 11) is 1.78. The summed E-state index contributed by atoms with van der Waals surface area (Å²) in [5.41, 5.74) is 0. The highest BCUT2D eigenvalue weighted by molar-refractivity contribution is 9.09. The molecule has 0 amide bonds. The second kappa shape index (κ2) is 15.5. The van der Waals surface area contributed by atoms with Crippen molar-refractivity contribution in [2.24, 2.45) is 0 Å². The standard InChI is InChI=1S/C15H32BrNO/c1-3-4-5-6-7-8-9-10-12-17(13-11-16)14-15-18-2/h3-15H2,1-2H3. The minimum Gasteiger partial charge on any atom is -0.383 e. The average Bonchev–Trinajstić information content (AvgIpc) is 2.39. The molecule has 0 fully saturated rings. The van der Waals surface area contributed by atoms with E-state index in [1.165, 1.54) is 57.9 Å². The van der Waals surface area contributed by atoms with Crippen molar-refractivity contribution in [2.45, 2.75) is 58.3 Å². The summed E-state index contributed by atoms with van der Waals surface area (Å²) in [6.07, 6.45) is 11.2. The number of ether oxygens (including phenoxy) is 1. The predicted octanol–water partition coefficient (Wildman–Crippen LogP) is 4.47. The summed E-state index contributed by atoms with van der Waals surface area (Å²) in [5, 5.41) is 1.06. The molecule has 0 bridgehead atoms. The molecule has 0 aliphatic rings. The minimum absolute atomic E-state index is 0.851. The monoisotopic (exact) mass is 321 g/mol. The fourth-order valence-corrected chi connectivity index (χ4v) is 2.65. The Morgan fingerprint density at radius 2 is 1.44 bits per heavy atom. The lowest BCUT2D eigenvalue weighted by Crippen LogP contribution is -2.30. The van der Waals surface area contributed by atoms with Crippen LogP contribution in [0.2, 0.25) is 0 Å². The first kappa shape index (κ1) is 18.4. The molecule has 0 unspecified atom stereocenters. The minimum atomic E-state index is 0.851. The summed E-state index contributed by atoms with van der Waals surface area (Å²) < 4.78 is 5.14. The molecule has 3 heteroatoms. The third-order valence-corrected chi connectivity index (χ3v) is 3.69. The van der Waals surface area contributed by atoms with Crippen LogP contribution < -0.4 is 0 Å². The molecule has 0 heterocycles. The Labute approximate surface area is 123 Å². The first-order valence-corrected chi connectivity index (χ1v) is 8.74. The topological polar surface area (TPSA) is 12.5 Å². The SMILES string of the molecule is CCCCCCCCCCN(CCBr)CCOC. The molecule has 0 aliphatic carbocycles. The normalized spacial score (nSPS) is 11.3. The van der Waals surface area contributed by atoms with Gasteiger partial charge in [-0.25, -0.2) is 0 Å². The van der Waals surface area contributed by atoms with Crippen LogP contribution in [0, 0.1) is 0 Å². The van der Waals surface area contributed by atoms with Gasteiger partial charge in [0.2, 0.25) is 0 Å². The maximum absolute atomic E-state index is 5.14. The van der Waals surface area contributed by atoms with E-state index < -0.39 is 0 Å². The van der Waals surface area contributed by atoms with Gasteiger partial charge in [0.1, 0.15) is 0 Å². The largest absolute Gasteiger partial charge is 0.383 e. The Hall–Kier alpha value is 0.400. The zero-order valence-corrected chi connectivity index (χ0v) is 14.0. The van der Waals surface area contributed by atoms with E-state index in [1.807, 2.05) is 0 Å². The van der Waals surface area contributed by atoms with E-state index in [1.54, 1.807) is 7.11 Å². The second-order valence-electron chi connectivity index (χ2n) is 5.00. The average molecular weight is 322 g/mol. The summed E-state index contributed by atoms with van der Waals surface area (Å²) >= 11 is 3.52. The molecule has 0 rings (SSSR count). The molecule has 0 N–H and O–H groups in total. The molecule has 110 valence electrons. The molecule has 0 saturated heterocycles. The van der Waals surface area contributed by atoms with Crippen molar-refractivity contribution in [1.29, 1.82) is 0 Å². The first-order valence-electron chi connectivity index (χ1n) is 7.62. The number of methoxy groups -OCH3 is 1. The Morgan fingerprint density at radius 1 is 0.833 bits per heavy atom. The Kier molecular flexibility index (Phi) is 15.8. The smallest absolute Gasteiger partial charge is 0.0589 e. The molecule has 0 aromatic rings. The van der Waals surface area contributed by atoms with Crippen LogP contribution in [0.3, 0.4) is 0 Å².